The lowest BCUT2D eigenvalue weighted by Gasteiger charge is -2.34. The summed E-state index contributed by atoms with van der Waals surface area (Å²) in [5, 5.41) is 8.39. The number of nitrogens with one attached hydrogen (secondary N) is 1. The molecule has 3 aromatic rings. The van der Waals surface area contributed by atoms with E-state index < -0.39 is 0 Å². The molecule has 1 fully saturated rings. The van der Waals surface area contributed by atoms with Gasteiger partial charge in [0.15, 0.2) is 0 Å². The van der Waals surface area contributed by atoms with E-state index >= 15 is 0 Å². The fourth-order valence-electron chi connectivity index (χ4n) is 4.06. The van der Waals surface area contributed by atoms with Gasteiger partial charge >= 0.3 is 0 Å². The molecule has 5 rings (SSSR count). The Morgan fingerprint density at radius 2 is 1.89 bits per heavy atom. The van der Waals surface area contributed by atoms with E-state index in [9.17, 15) is 4.79 Å². The summed E-state index contributed by atoms with van der Waals surface area (Å²) in [6.07, 6.45) is 0. The highest BCUT2D eigenvalue weighted by molar-refractivity contribution is 6.01. The third kappa shape index (κ3) is 2.81. The standard InChI is InChI=1S/C21H22N4O2/c1-2-24-8-10-25(11-9-24)13-14-6-7-17-16(12-14)20-19-15(21(26)23-22-20)4-3-5-18(19)27-17/h3-7,12H,2,8-11,13H2,1H3,(H,23,26). The summed E-state index contributed by atoms with van der Waals surface area (Å²) in [5.74, 6) is 1.48. The third-order valence-electron chi connectivity index (χ3n) is 5.61. The fourth-order valence-corrected chi connectivity index (χ4v) is 4.06. The molecule has 0 atom stereocenters. The molecular formula is C21H22N4O2. The van der Waals surface area contributed by atoms with Crippen LogP contribution in [0.2, 0.25) is 0 Å². The summed E-state index contributed by atoms with van der Waals surface area (Å²) in [4.78, 5) is 17.1. The van der Waals surface area contributed by atoms with Crippen LogP contribution in [0.25, 0.3) is 22.0 Å². The van der Waals surface area contributed by atoms with Crippen molar-refractivity contribution in [3.05, 3.63) is 52.3 Å². The van der Waals surface area contributed by atoms with Gasteiger partial charge in [0.05, 0.1) is 10.8 Å². The van der Waals surface area contributed by atoms with E-state index in [1.165, 1.54) is 5.56 Å². The van der Waals surface area contributed by atoms with E-state index in [2.05, 4.69) is 39.1 Å². The second kappa shape index (κ2) is 6.48. The zero-order chi connectivity index (χ0) is 18.4. The van der Waals surface area contributed by atoms with Crippen molar-refractivity contribution in [1.29, 1.82) is 0 Å². The molecule has 0 bridgehead atoms. The minimum Gasteiger partial charge on any atom is -0.456 e. The van der Waals surface area contributed by atoms with Crippen molar-refractivity contribution in [2.75, 3.05) is 32.7 Å². The number of hydrogen-bond acceptors (Lipinski definition) is 5. The molecule has 2 aliphatic rings. The molecule has 27 heavy (non-hydrogen) atoms. The second-order valence-electron chi connectivity index (χ2n) is 7.22. The highest BCUT2D eigenvalue weighted by Crippen LogP contribution is 2.44. The van der Waals surface area contributed by atoms with Crippen molar-refractivity contribution in [3.8, 4) is 22.8 Å². The Bertz CT molecular complexity index is 1070. The van der Waals surface area contributed by atoms with Gasteiger partial charge in [-0.1, -0.05) is 19.1 Å². The smallest absolute Gasteiger partial charge is 0.272 e. The van der Waals surface area contributed by atoms with E-state index in [1.54, 1.807) is 0 Å². The van der Waals surface area contributed by atoms with E-state index in [0.29, 0.717) is 11.1 Å². The maximum atomic E-state index is 12.1. The Labute approximate surface area is 157 Å². The van der Waals surface area contributed by atoms with Gasteiger partial charge in [0.25, 0.3) is 5.56 Å². The van der Waals surface area contributed by atoms with Crippen LogP contribution in [-0.2, 0) is 6.54 Å². The number of likely N-dealkylation sites (N-methyl/N-ethyl adjacent to an activating group) is 1. The minimum atomic E-state index is -0.187. The minimum absolute atomic E-state index is 0.187. The van der Waals surface area contributed by atoms with Crippen LogP contribution in [0.15, 0.2) is 41.2 Å². The molecule has 6 heteroatoms. The second-order valence-corrected chi connectivity index (χ2v) is 7.22. The van der Waals surface area contributed by atoms with Crippen molar-refractivity contribution >= 4 is 10.8 Å². The van der Waals surface area contributed by atoms with E-state index in [4.69, 9.17) is 4.74 Å². The van der Waals surface area contributed by atoms with Gasteiger partial charge in [0.2, 0.25) is 0 Å². The summed E-state index contributed by atoms with van der Waals surface area (Å²) >= 11 is 0. The molecule has 2 aliphatic heterocycles. The number of aromatic amines is 1. The maximum Gasteiger partial charge on any atom is 0.272 e. The van der Waals surface area contributed by atoms with Gasteiger partial charge < -0.3 is 9.64 Å². The van der Waals surface area contributed by atoms with Crippen molar-refractivity contribution in [3.63, 3.8) is 0 Å². The lowest BCUT2D eigenvalue weighted by molar-refractivity contribution is 0.132. The van der Waals surface area contributed by atoms with Gasteiger partial charge in [-0.15, -0.1) is 0 Å². The predicted molar refractivity (Wildman–Crippen MR) is 105 cm³/mol. The fraction of sp³-hybridized carbons (Fsp3) is 0.333. The molecule has 6 nitrogen and oxygen atoms in total. The van der Waals surface area contributed by atoms with Crippen molar-refractivity contribution < 1.29 is 4.74 Å². The molecule has 1 saturated heterocycles. The van der Waals surface area contributed by atoms with Crippen LogP contribution in [0.4, 0.5) is 0 Å². The number of benzene rings is 2. The first-order chi connectivity index (χ1) is 13.2. The normalized spacial score (nSPS) is 16.9. The topological polar surface area (TPSA) is 61.5 Å². The summed E-state index contributed by atoms with van der Waals surface area (Å²) < 4.78 is 6.07. The Morgan fingerprint density at radius 3 is 2.70 bits per heavy atom. The largest absolute Gasteiger partial charge is 0.456 e. The summed E-state index contributed by atoms with van der Waals surface area (Å²) in [7, 11) is 0. The molecule has 1 N–H and O–H groups in total. The molecule has 0 aliphatic carbocycles. The Morgan fingerprint density at radius 1 is 1.07 bits per heavy atom. The summed E-state index contributed by atoms with van der Waals surface area (Å²) in [6.45, 7) is 8.68. The molecular weight excluding hydrogens is 340 g/mol. The molecule has 0 radical (unpaired) electrons. The van der Waals surface area contributed by atoms with Crippen molar-refractivity contribution in [1.82, 2.24) is 20.0 Å². The number of ether oxygens (including phenoxy) is 1. The lowest BCUT2D eigenvalue weighted by atomic mass is 9.99. The summed E-state index contributed by atoms with van der Waals surface area (Å²) in [5.41, 5.74) is 2.79. The van der Waals surface area contributed by atoms with Gasteiger partial charge in [0.1, 0.15) is 17.2 Å². The average Bonchev–Trinajstić information content (AvgIpc) is 2.71. The van der Waals surface area contributed by atoms with E-state index in [-0.39, 0.29) is 5.56 Å². The molecule has 3 heterocycles. The van der Waals surface area contributed by atoms with E-state index in [0.717, 1.165) is 61.7 Å². The van der Waals surface area contributed by atoms with Crippen LogP contribution in [0, 0.1) is 0 Å². The molecule has 138 valence electrons. The Balaban J connectivity index is 1.50. The SMILES string of the molecule is CCN1CCN(Cc2ccc3c(c2)-c2n[nH]c(=O)c4cccc(c24)O3)CC1. The molecule has 0 amide bonds. The molecule has 2 aromatic carbocycles. The van der Waals surface area contributed by atoms with Crippen molar-refractivity contribution in [2.24, 2.45) is 0 Å². The van der Waals surface area contributed by atoms with Crippen LogP contribution < -0.4 is 10.3 Å². The quantitative estimate of drug-likeness (QED) is 0.607. The predicted octanol–water partition coefficient (Wildman–Crippen LogP) is 2.83. The van der Waals surface area contributed by atoms with Gasteiger partial charge in [-0.3, -0.25) is 9.69 Å². The van der Waals surface area contributed by atoms with Gasteiger partial charge in [-0.25, -0.2) is 5.10 Å². The number of hydrogen-bond donors (Lipinski definition) is 1. The highest BCUT2D eigenvalue weighted by Gasteiger charge is 2.23. The first-order valence-electron chi connectivity index (χ1n) is 9.50. The van der Waals surface area contributed by atoms with Crippen LogP contribution in [-0.4, -0.2) is 52.7 Å². The Hall–Kier alpha value is -2.70. The van der Waals surface area contributed by atoms with Crippen LogP contribution in [0.5, 0.6) is 11.5 Å². The number of rotatable bonds is 3. The van der Waals surface area contributed by atoms with E-state index in [1.807, 2.05) is 24.3 Å². The Kier molecular flexibility index (Phi) is 3.95. The van der Waals surface area contributed by atoms with Crippen LogP contribution >= 0.6 is 0 Å². The zero-order valence-corrected chi connectivity index (χ0v) is 15.4. The first kappa shape index (κ1) is 16.5. The highest BCUT2D eigenvalue weighted by atomic mass is 16.5. The average molecular weight is 362 g/mol. The number of nitrogens with zero attached hydrogens (tertiary/aromatic N) is 3. The van der Waals surface area contributed by atoms with Gasteiger partial charge in [0, 0.05) is 38.3 Å². The van der Waals surface area contributed by atoms with Gasteiger partial charge in [-0.2, -0.15) is 5.10 Å². The number of aromatic nitrogens is 2. The number of H-pyrrole nitrogens is 1. The van der Waals surface area contributed by atoms with Crippen LogP contribution in [0.1, 0.15) is 12.5 Å². The van der Waals surface area contributed by atoms with Gasteiger partial charge in [-0.05, 0) is 36.4 Å². The molecule has 1 aromatic heterocycles. The lowest BCUT2D eigenvalue weighted by Crippen LogP contribution is -2.45. The third-order valence-corrected chi connectivity index (χ3v) is 5.61. The number of fused-ring (bicyclic) bond motifs is 2. The monoisotopic (exact) mass is 362 g/mol. The molecule has 0 unspecified atom stereocenters. The summed E-state index contributed by atoms with van der Waals surface area (Å²) in [6, 6.07) is 11.8. The molecule has 0 saturated carbocycles. The molecule has 0 spiro atoms. The first-order valence-corrected chi connectivity index (χ1v) is 9.50. The number of piperazine rings is 1. The van der Waals surface area contributed by atoms with Crippen LogP contribution in [0.3, 0.4) is 0 Å². The zero-order valence-electron chi connectivity index (χ0n) is 15.4. The van der Waals surface area contributed by atoms with Crippen molar-refractivity contribution in [2.45, 2.75) is 13.5 Å². The maximum absolute atomic E-state index is 12.1.